The van der Waals surface area contributed by atoms with Crippen LogP contribution >= 0.6 is 0 Å². The first-order valence-electron chi connectivity index (χ1n) is 10.8. The summed E-state index contributed by atoms with van der Waals surface area (Å²) < 4.78 is 1.87. The van der Waals surface area contributed by atoms with E-state index in [4.69, 9.17) is 4.98 Å². The number of hydrogen-bond donors (Lipinski definition) is 0. The van der Waals surface area contributed by atoms with Crippen LogP contribution in [-0.2, 0) is 17.8 Å². The Morgan fingerprint density at radius 3 is 2.44 bits per heavy atom. The number of aromatic nitrogens is 2. The fraction of sp³-hybridized carbons (Fsp3) is 0.762. The molecule has 0 atom stereocenters. The van der Waals surface area contributed by atoms with Crippen molar-refractivity contribution in [3.63, 3.8) is 0 Å². The number of fused-ring (bicyclic) bond motifs is 1. The molecule has 0 saturated carbocycles. The minimum atomic E-state index is 0.112. The molecule has 148 valence electrons. The van der Waals surface area contributed by atoms with Gasteiger partial charge < -0.3 is 4.90 Å². The van der Waals surface area contributed by atoms with Crippen LogP contribution in [0, 0.1) is 0 Å². The minimum Gasteiger partial charge on any atom is -0.342 e. The topological polar surface area (TPSA) is 58.4 Å². The highest BCUT2D eigenvalue weighted by Gasteiger charge is 2.27. The zero-order valence-corrected chi connectivity index (χ0v) is 16.4. The molecular weight excluding hydrogens is 340 g/mol. The van der Waals surface area contributed by atoms with Crippen LogP contribution in [0.4, 0.5) is 0 Å². The number of likely N-dealkylation sites (tertiary alicyclic amines) is 2. The van der Waals surface area contributed by atoms with Gasteiger partial charge in [0.1, 0.15) is 5.82 Å². The number of nitrogens with zero attached hydrogens (tertiary/aromatic N) is 4. The van der Waals surface area contributed by atoms with E-state index < -0.39 is 0 Å². The number of carbonyl (C=O) groups excluding carboxylic acids is 1. The van der Waals surface area contributed by atoms with Crippen molar-refractivity contribution in [2.75, 3.05) is 32.7 Å². The molecule has 0 bridgehead atoms. The van der Waals surface area contributed by atoms with Gasteiger partial charge in [-0.3, -0.25) is 19.1 Å². The van der Waals surface area contributed by atoms with E-state index >= 15 is 0 Å². The van der Waals surface area contributed by atoms with Crippen molar-refractivity contribution < 1.29 is 4.79 Å². The molecule has 1 amide bonds. The van der Waals surface area contributed by atoms with Gasteiger partial charge >= 0.3 is 0 Å². The summed E-state index contributed by atoms with van der Waals surface area (Å²) in [6.07, 6.45) is 9.85. The number of carbonyl (C=O) groups is 1. The van der Waals surface area contributed by atoms with E-state index in [1.54, 1.807) is 6.07 Å². The normalized spacial score (nSPS) is 22.3. The predicted octanol–water partition coefficient (Wildman–Crippen LogP) is 2.16. The highest BCUT2D eigenvalue weighted by Crippen LogP contribution is 2.27. The average Bonchev–Trinajstić information content (AvgIpc) is 2.95. The first-order chi connectivity index (χ1) is 13.2. The number of aryl methyl sites for hydroxylation is 1. The van der Waals surface area contributed by atoms with Crippen molar-refractivity contribution in [1.82, 2.24) is 19.4 Å². The summed E-state index contributed by atoms with van der Waals surface area (Å²) >= 11 is 0. The third-order valence-electron chi connectivity index (χ3n) is 6.46. The Balaban J connectivity index is 1.36. The summed E-state index contributed by atoms with van der Waals surface area (Å²) in [6, 6.07) is 1.75. The Labute approximate surface area is 161 Å². The van der Waals surface area contributed by atoms with Crippen molar-refractivity contribution >= 4 is 5.91 Å². The summed E-state index contributed by atoms with van der Waals surface area (Å²) in [5.74, 6) is 1.55. The molecule has 0 radical (unpaired) electrons. The fourth-order valence-electron chi connectivity index (χ4n) is 4.78. The van der Waals surface area contributed by atoms with Gasteiger partial charge in [0.15, 0.2) is 0 Å². The van der Waals surface area contributed by atoms with Crippen LogP contribution in [0.5, 0.6) is 0 Å². The van der Waals surface area contributed by atoms with Gasteiger partial charge in [0.2, 0.25) is 5.91 Å². The van der Waals surface area contributed by atoms with Gasteiger partial charge in [-0.15, -0.1) is 0 Å². The molecule has 1 aromatic rings. The maximum Gasteiger partial charge on any atom is 0.253 e. The second-order valence-electron chi connectivity index (χ2n) is 8.39. The maximum absolute atomic E-state index is 12.6. The quantitative estimate of drug-likeness (QED) is 0.816. The Morgan fingerprint density at radius 2 is 1.67 bits per heavy atom. The number of hydrogen-bond acceptors (Lipinski definition) is 4. The SMILES string of the molecule is O=C(CN1CCCCC1)N1CCC(c2cc(=O)n3c(n2)CCCCC3)CC1. The summed E-state index contributed by atoms with van der Waals surface area (Å²) in [4.78, 5) is 34.3. The number of amides is 1. The summed E-state index contributed by atoms with van der Waals surface area (Å²) in [5, 5.41) is 0. The third kappa shape index (κ3) is 4.42. The fourth-order valence-corrected chi connectivity index (χ4v) is 4.78. The number of rotatable bonds is 3. The van der Waals surface area contributed by atoms with Gasteiger partial charge in [-0.2, -0.15) is 0 Å². The Hall–Kier alpha value is -1.69. The first kappa shape index (κ1) is 18.7. The third-order valence-corrected chi connectivity index (χ3v) is 6.46. The second-order valence-corrected chi connectivity index (χ2v) is 8.39. The highest BCUT2D eigenvalue weighted by atomic mass is 16.2. The van der Waals surface area contributed by atoms with E-state index in [0.717, 1.165) is 76.3 Å². The molecule has 3 aliphatic heterocycles. The Kier molecular flexibility index (Phi) is 5.91. The maximum atomic E-state index is 12.6. The minimum absolute atomic E-state index is 0.112. The summed E-state index contributed by atoms with van der Waals surface area (Å²) in [5.41, 5.74) is 1.07. The van der Waals surface area contributed by atoms with E-state index in [1.807, 2.05) is 9.47 Å². The highest BCUT2D eigenvalue weighted by molar-refractivity contribution is 5.78. The molecule has 6 nitrogen and oxygen atoms in total. The van der Waals surface area contributed by atoms with Gasteiger partial charge in [-0.1, -0.05) is 12.8 Å². The van der Waals surface area contributed by atoms with Gasteiger partial charge in [0.25, 0.3) is 5.56 Å². The van der Waals surface area contributed by atoms with Crippen LogP contribution in [-0.4, -0.2) is 58.0 Å². The monoisotopic (exact) mass is 372 g/mol. The molecule has 2 saturated heterocycles. The van der Waals surface area contributed by atoms with Crippen LogP contribution in [0.3, 0.4) is 0 Å². The van der Waals surface area contributed by atoms with E-state index in [1.165, 1.54) is 25.7 Å². The van der Waals surface area contributed by atoms with Crippen LogP contribution < -0.4 is 5.56 Å². The summed E-state index contributed by atoms with van der Waals surface area (Å²) in [7, 11) is 0. The molecule has 1 aromatic heterocycles. The lowest BCUT2D eigenvalue weighted by Gasteiger charge is -2.34. The van der Waals surface area contributed by atoms with Crippen molar-refractivity contribution in [1.29, 1.82) is 0 Å². The van der Waals surface area contributed by atoms with Gasteiger partial charge in [0.05, 0.1) is 12.2 Å². The smallest absolute Gasteiger partial charge is 0.253 e. The zero-order chi connectivity index (χ0) is 18.6. The van der Waals surface area contributed by atoms with Crippen LogP contribution in [0.25, 0.3) is 0 Å². The molecule has 27 heavy (non-hydrogen) atoms. The second kappa shape index (κ2) is 8.55. The van der Waals surface area contributed by atoms with E-state index in [-0.39, 0.29) is 11.5 Å². The molecule has 0 aromatic carbocycles. The van der Waals surface area contributed by atoms with Crippen molar-refractivity contribution in [3.05, 3.63) is 27.9 Å². The molecule has 4 rings (SSSR count). The Bertz CT molecular complexity index is 715. The molecular formula is C21H32N4O2. The van der Waals surface area contributed by atoms with E-state index in [0.29, 0.717) is 12.5 Å². The van der Waals surface area contributed by atoms with E-state index in [2.05, 4.69) is 4.90 Å². The molecule has 0 unspecified atom stereocenters. The van der Waals surface area contributed by atoms with Gasteiger partial charge in [-0.25, -0.2) is 4.98 Å². The van der Waals surface area contributed by atoms with Crippen molar-refractivity contribution in [2.24, 2.45) is 0 Å². The lowest BCUT2D eigenvalue weighted by atomic mass is 9.93. The zero-order valence-electron chi connectivity index (χ0n) is 16.4. The number of piperidine rings is 2. The first-order valence-corrected chi connectivity index (χ1v) is 10.8. The molecule has 0 spiro atoms. The standard InChI is InChI=1S/C21H32N4O2/c26-20-15-18(22-19-7-3-1-6-12-25(19)20)17-8-13-24(14-9-17)21(27)16-23-10-4-2-5-11-23/h15,17H,1-14,16H2. The molecule has 4 heterocycles. The Morgan fingerprint density at radius 1 is 0.963 bits per heavy atom. The van der Waals surface area contributed by atoms with Crippen molar-refractivity contribution in [2.45, 2.75) is 70.3 Å². The molecule has 3 aliphatic rings. The molecule has 2 fully saturated rings. The van der Waals surface area contributed by atoms with E-state index in [9.17, 15) is 9.59 Å². The van der Waals surface area contributed by atoms with Crippen molar-refractivity contribution in [3.8, 4) is 0 Å². The molecule has 6 heteroatoms. The lowest BCUT2D eigenvalue weighted by molar-refractivity contribution is -0.133. The predicted molar refractivity (Wildman–Crippen MR) is 105 cm³/mol. The molecule has 0 N–H and O–H groups in total. The largest absolute Gasteiger partial charge is 0.342 e. The van der Waals surface area contributed by atoms with Gasteiger partial charge in [0, 0.05) is 38.0 Å². The van der Waals surface area contributed by atoms with Gasteiger partial charge in [-0.05, 0) is 51.6 Å². The molecule has 0 aliphatic carbocycles. The average molecular weight is 373 g/mol. The van der Waals surface area contributed by atoms with Crippen LogP contribution in [0.1, 0.15) is 68.8 Å². The van der Waals surface area contributed by atoms with Crippen LogP contribution in [0.15, 0.2) is 10.9 Å². The lowest BCUT2D eigenvalue weighted by Crippen LogP contribution is -2.45. The van der Waals surface area contributed by atoms with Crippen LogP contribution in [0.2, 0.25) is 0 Å². The summed E-state index contributed by atoms with van der Waals surface area (Å²) in [6.45, 7) is 5.08.